The van der Waals surface area contributed by atoms with Gasteiger partial charge in [-0.05, 0) is 12.1 Å². The molecule has 0 atom stereocenters. The van der Waals surface area contributed by atoms with Crippen LogP contribution in [0.5, 0.6) is 0 Å². The summed E-state index contributed by atoms with van der Waals surface area (Å²) >= 11 is 1.56. The van der Waals surface area contributed by atoms with Crippen molar-refractivity contribution >= 4 is 39.8 Å². The van der Waals surface area contributed by atoms with Gasteiger partial charge < -0.3 is 10.6 Å². The lowest BCUT2D eigenvalue weighted by molar-refractivity contribution is -0.129. The van der Waals surface area contributed by atoms with Crippen LogP contribution in [0.1, 0.15) is 12.8 Å². The number of nitrogens with one attached hydrogen (secondary N) is 2. The van der Waals surface area contributed by atoms with Crippen LogP contribution < -0.4 is 10.6 Å². The molecule has 0 unspecified atom stereocenters. The highest BCUT2D eigenvalue weighted by Gasteiger charge is 2.25. The van der Waals surface area contributed by atoms with Gasteiger partial charge in [0.2, 0.25) is 11.8 Å². The number of benzene rings is 1. The van der Waals surface area contributed by atoms with Crippen molar-refractivity contribution in [3.8, 4) is 11.3 Å². The van der Waals surface area contributed by atoms with Crippen LogP contribution in [0, 0.1) is 0 Å². The van der Waals surface area contributed by atoms with Crippen molar-refractivity contribution in [2.24, 2.45) is 0 Å². The Morgan fingerprint density at radius 2 is 2.22 bits per heavy atom. The summed E-state index contributed by atoms with van der Waals surface area (Å²) in [4.78, 5) is 42.2. The van der Waals surface area contributed by atoms with Crippen molar-refractivity contribution < 1.29 is 14.4 Å². The lowest BCUT2D eigenvalue weighted by atomic mass is 10.1. The van der Waals surface area contributed by atoms with Crippen molar-refractivity contribution in [1.82, 2.24) is 19.6 Å². The molecule has 27 heavy (non-hydrogen) atoms. The van der Waals surface area contributed by atoms with E-state index >= 15 is 0 Å². The Kier molecular flexibility index (Phi) is 4.59. The van der Waals surface area contributed by atoms with Crippen molar-refractivity contribution in [3.63, 3.8) is 0 Å². The minimum absolute atomic E-state index is 0.0452. The molecule has 0 saturated carbocycles. The van der Waals surface area contributed by atoms with Gasteiger partial charge in [0.05, 0.1) is 5.69 Å². The average Bonchev–Trinajstić information content (AvgIpc) is 3.23. The zero-order chi connectivity index (χ0) is 18.8. The zero-order valence-electron chi connectivity index (χ0n) is 14.3. The first-order valence-corrected chi connectivity index (χ1v) is 9.39. The van der Waals surface area contributed by atoms with Crippen molar-refractivity contribution in [2.45, 2.75) is 12.8 Å². The van der Waals surface area contributed by atoms with E-state index in [0.717, 1.165) is 21.1 Å². The van der Waals surface area contributed by atoms with Crippen LogP contribution in [0.25, 0.3) is 16.2 Å². The molecule has 0 aliphatic carbocycles. The number of amides is 4. The van der Waals surface area contributed by atoms with Gasteiger partial charge in [-0.1, -0.05) is 12.1 Å². The molecule has 0 spiro atoms. The molecule has 1 aliphatic rings. The summed E-state index contributed by atoms with van der Waals surface area (Å²) in [6.07, 6.45) is 4.19. The fraction of sp³-hybridized carbons (Fsp3) is 0.222. The van der Waals surface area contributed by atoms with Crippen LogP contribution in [-0.4, -0.2) is 45.2 Å². The van der Waals surface area contributed by atoms with E-state index in [1.807, 2.05) is 40.4 Å². The largest absolute Gasteiger partial charge is 0.337 e. The number of hydrogen-bond acceptors (Lipinski definition) is 5. The van der Waals surface area contributed by atoms with Gasteiger partial charge >= 0.3 is 6.03 Å². The molecule has 1 aliphatic heterocycles. The third-order valence-electron chi connectivity index (χ3n) is 4.26. The van der Waals surface area contributed by atoms with E-state index in [1.165, 1.54) is 0 Å². The summed E-state index contributed by atoms with van der Waals surface area (Å²) in [6.45, 7) is 0.409. The van der Waals surface area contributed by atoms with Crippen LogP contribution in [0.4, 0.5) is 10.5 Å². The molecule has 4 rings (SSSR count). The van der Waals surface area contributed by atoms with Crippen LogP contribution in [0.3, 0.4) is 0 Å². The van der Waals surface area contributed by atoms with Crippen LogP contribution in [-0.2, 0) is 9.59 Å². The number of anilines is 1. The Bertz CT molecular complexity index is 980. The third-order valence-corrected chi connectivity index (χ3v) is 5.03. The number of imide groups is 1. The van der Waals surface area contributed by atoms with Gasteiger partial charge in [-0.15, -0.1) is 11.3 Å². The summed E-state index contributed by atoms with van der Waals surface area (Å²) in [7, 11) is 0. The third kappa shape index (κ3) is 3.68. The second kappa shape index (κ2) is 7.20. The smallest absolute Gasteiger partial charge is 0.324 e. The van der Waals surface area contributed by atoms with E-state index in [0.29, 0.717) is 12.2 Å². The van der Waals surface area contributed by atoms with Gasteiger partial charge in [-0.3, -0.25) is 18.9 Å². The lowest BCUT2D eigenvalue weighted by Crippen LogP contribution is -2.50. The molecule has 3 heterocycles. The first-order valence-electron chi connectivity index (χ1n) is 8.51. The summed E-state index contributed by atoms with van der Waals surface area (Å²) in [5.74, 6) is -0.516. The van der Waals surface area contributed by atoms with Crippen molar-refractivity contribution in [3.05, 3.63) is 42.0 Å². The van der Waals surface area contributed by atoms with Gasteiger partial charge in [0.15, 0.2) is 4.96 Å². The number of imidazole rings is 1. The molecule has 2 aromatic heterocycles. The van der Waals surface area contributed by atoms with Gasteiger partial charge in [0.1, 0.15) is 0 Å². The van der Waals surface area contributed by atoms with Crippen molar-refractivity contribution in [1.29, 1.82) is 0 Å². The molecule has 3 aromatic rings. The minimum atomic E-state index is -0.444. The highest BCUT2D eigenvalue weighted by atomic mass is 32.1. The number of rotatable bonds is 5. The summed E-state index contributed by atoms with van der Waals surface area (Å²) < 4.78 is 1.95. The predicted octanol–water partition coefficient (Wildman–Crippen LogP) is 2.33. The molecule has 2 N–H and O–H groups in total. The summed E-state index contributed by atoms with van der Waals surface area (Å²) in [5.41, 5.74) is 2.37. The molecule has 1 fully saturated rings. The van der Waals surface area contributed by atoms with Crippen LogP contribution in [0.2, 0.25) is 0 Å². The van der Waals surface area contributed by atoms with E-state index in [1.54, 1.807) is 17.4 Å². The normalized spacial score (nSPS) is 14.4. The highest BCUT2D eigenvalue weighted by Crippen LogP contribution is 2.24. The quantitative estimate of drug-likeness (QED) is 0.707. The number of fused-ring (bicyclic) bond motifs is 1. The second-order valence-corrected chi connectivity index (χ2v) is 7.00. The van der Waals surface area contributed by atoms with E-state index in [4.69, 9.17) is 0 Å². The summed E-state index contributed by atoms with van der Waals surface area (Å²) in [6, 6.07) is 6.97. The van der Waals surface area contributed by atoms with E-state index in [2.05, 4.69) is 15.6 Å². The number of thiazole rings is 1. The number of carbonyl (C=O) groups excluding carboxylic acids is 3. The first-order chi connectivity index (χ1) is 13.1. The molecule has 0 bridgehead atoms. The van der Waals surface area contributed by atoms with Crippen molar-refractivity contribution in [2.75, 3.05) is 18.4 Å². The maximum atomic E-state index is 12.2. The Labute approximate surface area is 158 Å². The highest BCUT2D eigenvalue weighted by molar-refractivity contribution is 7.15. The van der Waals surface area contributed by atoms with Gasteiger partial charge in [0.25, 0.3) is 0 Å². The fourth-order valence-electron chi connectivity index (χ4n) is 2.91. The molecule has 0 radical (unpaired) electrons. The van der Waals surface area contributed by atoms with Gasteiger partial charge in [0, 0.05) is 55.0 Å². The average molecular weight is 383 g/mol. The second-order valence-electron chi connectivity index (χ2n) is 6.13. The van der Waals surface area contributed by atoms with Crippen LogP contribution in [0.15, 0.2) is 42.0 Å². The van der Waals surface area contributed by atoms with E-state index in [-0.39, 0.29) is 31.2 Å². The Balaban J connectivity index is 1.40. The van der Waals surface area contributed by atoms with Crippen LogP contribution >= 0.6 is 11.3 Å². The topological polar surface area (TPSA) is 95.8 Å². The maximum Gasteiger partial charge on any atom is 0.324 e. The zero-order valence-corrected chi connectivity index (χ0v) is 15.2. The minimum Gasteiger partial charge on any atom is -0.337 e. The van der Waals surface area contributed by atoms with E-state index in [9.17, 15) is 14.4 Å². The van der Waals surface area contributed by atoms with E-state index < -0.39 is 6.03 Å². The lowest BCUT2D eigenvalue weighted by Gasteiger charge is -2.25. The predicted molar refractivity (Wildman–Crippen MR) is 101 cm³/mol. The Morgan fingerprint density at radius 1 is 1.33 bits per heavy atom. The first kappa shape index (κ1) is 17.2. The SMILES string of the molecule is O=C(CCN1C(=O)CCNC1=O)Nc1cccc(-c2cn3ccsc3n2)c1. The molecule has 1 aromatic carbocycles. The number of hydrogen-bond donors (Lipinski definition) is 2. The number of urea groups is 1. The molecule has 8 nitrogen and oxygen atoms in total. The standard InChI is InChI=1S/C18H17N5O3S/c24-15(5-7-23-16(25)4-6-19-17(23)26)20-13-3-1-2-12(10-13)14-11-22-8-9-27-18(22)21-14/h1-3,8-11H,4-7H2,(H,19,26)(H,20,24). The number of aromatic nitrogens is 2. The summed E-state index contributed by atoms with van der Waals surface area (Å²) in [5, 5.41) is 7.37. The molecule has 9 heteroatoms. The molecular weight excluding hydrogens is 366 g/mol. The molecule has 1 saturated heterocycles. The van der Waals surface area contributed by atoms with Gasteiger partial charge in [-0.2, -0.15) is 0 Å². The Hall–Kier alpha value is -3.20. The monoisotopic (exact) mass is 383 g/mol. The fourth-order valence-corrected chi connectivity index (χ4v) is 3.61. The molecule has 4 amide bonds. The van der Waals surface area contributed by atoms with Gasteiger partial charge in [-0.25, -0.2) is 9.78 Å². The number of nitrogens with zero attached hydrogens (tertiary/aromatic N) is 3. The molecular formula is C18H17N5O3S. The molecule has 138 valence electrons. The maximum absolute atomic E-state index is 12.2. The Morgan fingerprint density at radius 3 is 3.04 bits per heavy atom. The number of carbonyl (C=O) groups is 3.